The maximum atomic E-state index is 8.69. The summed E-state index contributed by atoms with van der Waals surface area (Å²) in [5.41, 5.74) is 18.4. The molecule has 0 amide bonds. The first-order chi connectivity index (χ1) is 9.63. The summed E-state index contributed by atoms with van der Waals surface area (Å²) in [6, 6.07) is 0. The number of allylic oxidation sites excluding steroid dienone is 6. The van der Waals surface area contributed by atoms with Gasteiger partial charge in [0.15, 0.2) is 0 Å². The Morgan fingerprint density at radius 1 is 0.800 bits per heavy atom. The van der Waals surface area contributed by atoms with E-state index in [1.807, 2.05) is 0 Å². The molecule has 0 aromatic rings. The Morgan fingerprint density at radius 3 is 1.50 bits per heavy atom. The van der Waals surface area contributed by atoms with E-state index in [9.17, 15) is 0 Å². The molecule has 0 saturated carbocycles. The molecular weight excluding hydrogens is 335 g/mol. The van der Waals surface area contributed by atoms with Crippen molar-refractivity contribution >= 4 is 56.2 Å². The maximum Gasteiger partial charge on any atom is 0.297 e. The zero-order chi connectivity index (χ0) is 14.5. The van der Waals surface area contributed by atoms with Crippen LogP contribution in [0.1, 0.15) is 12.8 Å². The fourth-order valence-corrected chi connectivity index (χ4v) is 4.64. The minimum absolute atomic E-state index is 0.418. The topological polar surface area (TPSA) is 72.8 Å². The van der Waals surface area contributed by atoms with Crippen LogP contribution in [0.4, 0.5) is 0 Å². The molecular formula is C12H8Cl2N4S2. The van der Waals surface area contributed by atoms with Crippen molar-refractivity contribution in [3.05, 3.63) is 55.2 Å². The van der Waals surface area contributed by atoms with Crippen molar-refractivity contribution in [1.82, 2.24) is 0 Å². The van der Waals surface area contributed by atoms with Gasteiger partial charge < -0.3 is 11.1 Å². The number of nitrogens with zero attached hydrogens (tertiary/aromatic N) is 4. The van der Waals surface area contributed by atoms with Crippen LogP contribution in [0, 0.1) is 0 Å². The highest BCUT2D eigenvalue weighted by atomic mass is 35.5. The van der Waals surface area contributed by atoms with Crippen LogP contribution in [0.5, 0.6) is 0 Å². The molecule has 0 aromatic carbocycles. The average molecular weight is 343 g/mol. The highest BCUT2D eigenvalue weighted by molar-refractivity contribution is 8.79. The summed E-state index contributed by atoms with van der Waals surface area (Å²) in [5, 5.41) is 1.26. The minimum Gasteiger partial charge on any atom is -0.361 e. The quantitative estimate of drug-likeness (QED) is 0.429. The van der Waals surface area contributed by atoms with Crippen LogP contribution >= 0.6 is 44.8 Å². The summed E-state index contributed by atoms with van der Waals surface area (Å²) in [7, 11) is 2.96. The highest BCUT2D eigenvalue weighted by Gasteiger charge is 2.19. The molecule has 20 heavy (non-hydrogen) atoms. The van der Waals surface area contributed by atoms with Gasteiger partial charge in [0.2, 0.25) is 0 Å². The highest BCUT2D eigenvalue weighted by Crippen LogP contribution is 2.44. The van der Waals surface area contributed by atoms with Crippen molar-refractivity contribution in [3.63, 3.8) is 0 Å². The molecule has 0 spiro atoms. The molecule has 2 rings (SSSR count). The predicted molar refractivity (Wildman–Crippen MR) is 85.7 cm³/mol. The van der Waals surface area contributed by atoms with Gasteiger partial charge in [-0.3, -0.25) is 0 Å². The number of halogens is 2. The normalized spacial score (nSPS) is 18.5. The van der Waals surface area contributed by atoms with Crippen molar-refractivity contribution in [3.8, 4) is 0 Å². The van der Waals surface area contributed by atoms with Gasteiger partial charge in [0, 0.05) is 32.0 Å². The summed E-state index contributed by atoms with van der Waals surface area (Å²) in [6.07, 6.45) is 7.89. The van der Waals surface area contributed by atoms with Gasteiger partial charge >= 0.3 is 0 Å². The van der Waals surface area contributed by atoms with Crippen molar-refractivity contribution < 1.29 is 9.58 Å². The molecule has 0 N–H and O–H groups in total. The summed E-state index contributed by atoms with van der Waals surface area (Å²) in [6.45, 7) is 0. The fourth-order valence-electron chi connectivity index (χ4n) is 1.51. The SMILES string of the molecule is [N-]=[N+]=C1C=CC(SSC2=C(Cl)CC(=[N+]=[N-])C=C2)=C(Cl)C1. The van der Waals surface area contributed by atoms with Gasteiger partial charge in [-0.2, -0.15) is 9.58 Å². The van der Waals surface area contributed by atoms with Crippen LogP contribution in [-0.4, -0.2) is 21.0 Å². The minimum atomic E-state index is 0.418. The number of rotatable bonds is 3. The van der Waals surface area contributed by atoms with E-state index in [4.69, 9.17) is 34.3 Å². The number of hydrogen-bond acceptors (Lipinski definition) is 2. The lowest BCUT2D eigenvalue weighted by atomic mass is 10.1. The van der Waals surface area contributed by atoms with Crippen LogP contribution in [0.3, 0.4) is 0 Å². The molecule has 0 aromatic heterocycles. The fraction of sp³-hybridized carbons (Fsp3) is 0.167. The Morgan fingerprint density at radius 2 is 1.20 bits per heavy atom. The summed E-state index contributed by atoms with van der Waals surface area (Å²) in [4.78, 5) is 8.06. The van der Waals surface area contributed by atoms with Gasteiger partial charge in [0.05, 0.1) is 12.8 Å². The zero-order valence-electron chi connectivity index (χ0n) is 10.1. The van der Waals surface area contributed by atoms with Crippen LogP contribution in [0.25, 0.3) is 11.1 Å². The first-order valence-electron chi connectivity index (χ1n) is 5.54. The van der Waals surface area contributed by atoms with Crippen molar-refractivity contribution in [2.45, 2.75) is 12.8 Å². The van der Waals surface area contributed by atoms with E-state index < -0.39 is 0 Å². The summed E-state index contributed by atoms with van der Waals surface area (Å²) < 4.78 is 0. The lowest BCUT2D eigenvalue weighted by Gasteiger charge is -2.10. The smallest absolute Gasteiger partial charge is 0.297 e. The van der Waals surface area contributed by atoms with Gasteiger partial charge in [0.1, 0.15) is 0 Å². The molecule has 0 saturated heterocycles. The maximum absolute atomic E-state index is 8.69. The van der Waals surface area contributed by atoms with Gasteiger partial charge in [-0.15, -0.1) is 0 Å². The number of hydrogen-bond donors (Lipinski definition) is 0. The van der Waals surface area contributed by atoms with E-state index in [0.29, 0.717) is 34.3 Å². The van der Waals surface area contributed by atoms with Gasteiger partial charge in [0.25, 0.3) is 11.4 Å². The van der Waals surface area contributed by atoms with Crippen LogP contribution in [-0.2, 0) is 0 Å². The van der Waals surface area contributed by atoms with Gasteiger partial charge in [-0.25, -0.2) is 0 Å². The Hall–Kier alpha value is -1.00. The molecule has 0 radical (unpaired) electrons. The molecule has 0 fully saturated rings. The molecule has 0 bridgehead atoms. The second kappa shape index (κ2) is 7.14. The third-order valence-corrected chi connectivity index (χ3v) is 5.97. The first-order valence-corrected chi connectivity index (χ1v) is 8.44. The first kappa shape index (κ1) is 15.4. The van der Waals surface area contributed by atoms with Gasteiger partial charge in [-0.05, 0) is 12.2 Å². The van der Waals surface area contributed by atoms with E-state index >= 15 is 0 Å². The van der Waals surface area contributed by atoms with E-state index in [-0.39, 0.29) is 0 Å². The van der Waals surface area contributed by atoms with Crippen molar-refractivity contribution in [2.24, 2.45) is 0 Å². The lowest BCUT2D eigenvalue weighted by molar-refractivity contribution is -0.00595. The standard InChI is InChI=1S/C12H8Cl2N4S2/c13-9-5-7(17-15)1-3-11(9)19-20-12-4-2-8(18-16)6-10(12)14/h1-4H,5-6H2. The summed E-state index contributed by atoms with van der Waals surface area (Å²) in [5.74, 6) is 0. The molecule has 0 unspecified atom stereocenters. The van der Waals surface area contributed by atoms with E-state index in [1.165, 1.54) is 21.6 Å². The largest absolute Gasteiger partial charge is 0.361 e. The third kappa shape index (κ3) is 3.76. The van der Waals surface area contributed by atoms with E-state index in [2.05, 4.69) is 9.58 Å². The molecule has 8 heteroatoms. The van der Waals surface area contributed by atoms with Crippen LogP contribution in [0.15, 0.2) is 44.2 Å². The third-order valence-electron chi connectivity index (χ3n) is 2.54. The Balaban J connectivity index is 2.04. The van der Waals surface area contributed by atoms with E-state index in [1.54, 1.807) is 24.3 Å². The Kier molecular flexibility index (Phi) is 5.49. The molecule has 2 aliphatic carbocycles. The van der Waals surface area contributed by atoms with Crippen molar-refractivity contribution in [2.75, 3.05) is 0 Å². The van der Waals surface area contributed by atoms with Crippen LogP contribution < -0.4 is 0 Å². The van der Waals surface area contributed by atoms with Gasteiger partial charge in [-0.1, -0.05) is 44.8 Å². The summed E-state index contributed by atoms with van der Waals surface area (Å²) >= 11 is 12.3. The Labute approximate surface area is 133 Å². The molecule has 4 nitrogen and oxygen atoms in total. The zero-order valence-corrected chi connectivity index (χ0v) is 13.2. The second-order valence-electron chi connectivity index (χ2n) is 3.91. The molecule has 2 aliphatic rings. The van der Waals surface area contributed by atoms with Crippen molar-refractivity contribution in [1.29, 1.82) is 0 Å². The molecule has 0 heterocycles. The second-order valence-corrected chi connectivity index (χ2v) is 7.03. The lowest BCUT2D eigenvalue weighted by Crippen LogP contribution is -2.01. The average Bonchev–Trinajstić information content (AvgIpc) is 2.46. The van der Waals surface area contributed by atoms with E-state index in [0.717, 1.165) is 9.81 Å². The molecule has 0 aliphatic heterocycles. The molecule has 102 valence electrons. The Bertz CT molecular complexity index is 605. The van der Waals surface area contributed by atoms with Crippen LogP contribution in [0.2, 0.25) is 0 Å². The monoisotopic (exact) mass is 342 g/mol. The molecule has 0 atom stereocenters. The predicted octanol–water partition coefficient (Wildman–Crippen LogP) is 4.53.